The van der Waals surface area contributed by atoms with Crippen LogP contribution in [-0.4, -0.2) is 29.5 Å². The third-order valence-electron chi connectivity index (χ3n) is 3.89. The van der Waals surface area contributed by atoms with Crippen molar-refractivity contribution >= 4 is 51.4 Å². The summed E-state index contributed by atoms with van der Waals surface area (Å²) in [7, 11) is 0. The van der Waals surface area contributed by atoms with Crippen LogP contribution in [0.15, 0.2) is 18.2 Å². The van der Waals surface area contributed by atoms with Crippen molar-refractivity contribution in [1.82, 2.24) is 9.88 Å². The smallest absolute Gasteiger partial charge is 0.180 e. The fourth-order valence-electron chi connectivity index (χ4n) is 2.65. The number of rotatable bonds is 3. The minimum atomic E-state index is 0.427. The van der Waals surface area contributed by atoms with E-state index >= 15 is 0 Å². The van der Waals surface area contributed by atoms with Crippen LogP contribution in [0, 0.1) is 0 Å². The van der Waals surface area contributed by atoms with E-state index in [1.54, 1.807) is 11.3 Å². The van der Waals surface area contributed by atoms with Gasteiger partial charge in [0.15, 0.2) is 5.13 Å². The zero-order chi connectivity index (χ0) is 16.4. The third kappa shape index (κ3) is 3.98. The Morgan fingerprint density at radius 1 is 1.17 bits per heavy atom. The molecule has 0 saturated heterocycles. The fourth-order valence-corrected chi connectivity index (χ4v) is 4.02. The SMILES string of the molecule is Nc1nc2c(s1)CCN(C/C=C/c1cc(Cl)c(N)c(Cl)c1)CC2. The van der Waals surface area contributed by atoms with Gasteiger partial charge in [0.05, 0.1) is 21.4 Å². The summed E-state index contributed by atoms with van der Waals surface area (Å²) in [5.41, 5.74) is 14.1. The molecular formula is C16H18Cl2N4S. The quantitative estimate of drug-likeness (QED) is 0.809. The Morgan fingerprint density at radius 2 is 1.87 bits per heavy atom. The van der Waals surface area contributed by atoms with Crippen LogP contribution in [0.4, 0.5) is 10.8 Å². The van der Waals surface area contributed by atoms with Gasteiger partial charge >= 0.3 is 0 Å². The van der Waals surface area contributed by atoms with Crippen molar-refractivity contribution in [3.63, 3.8) is 0 Å². The van der Waals surface area contributed by atoms with Crippen molar-refractivity contribution in [2.75, 3.05) is 31.1 Å². The number of hydrogen-bond acceptors (Lipinski definition) is 5. The van der Waals surface area contributed by atoms with E-state index in [0.29, 0.717) is 20.9 Å². The largest absolute Gasteiger partial charge is 0.396 e. The van der Waals surface area contributed by atoms with Gasteiger partial charge in [-0.1, -0.05) is 35.4 Å². The maximum atomic E-state index is 6.05. The predicted molar refractivity (Wildman–Crippen MR) is 100 cm³/mol. The molecule has 0 atom stereocenters. The lowest BCUT2D eigenvalue weighted by Gasteiger charge is -2.17. The van der Waals surface area contributed by atoms with E-state index in [2.05, 4.69) is 16.0 Å². The van der Waals surface area contributed by atoms with Gasteiger partial charge in [-0.05, 0) is 24.1 Å². The molecule has 2 heterocycles. The van der Waals surface area contributed by atoms with Crippen molar-refractivity contribution in [3.05, 3.63) is 44.4 Å². The summed E-state index contributed by atoms with van der Waals surface area (Å²) in [6.07, 6.45) is 6.11. The molecule has 1 aliphatic heterocycles. The van der Waals surface area contributed by atoms with Crippen molar-refractivity contribution < 1.29 is 0 Å². The molecule has 7 heteroatoms. The minimum Gasteiger partial charge on any atom is -0.396 e. The van der Waals surface area contributed by atoms with E-state index in [1.165, 1.54) is 4.88 Å². The Balaban J connectivity index is 1.60. The predicted octanol–water partition coefficient (Wildman–Crippen LogP) is 3.73. The molecule has 0 amide bonds. The van der Waals surface area contributed by atoms with Crippen LogP contribution in [0.2, 0.25) is 10.0 Å². The van der Waals surface area contributed by atoms with Gasteiger partial charge in [0.1, 0.15) is 0 Å². The maximum Gasteiger partial charge on any atom is 0.180 e. The molecule has 23 heavy (non-hydrogen) atoms. The first-order chi connectivity index (χ1) is 11.0. The summed E-state index contributed by atoms with van der Waals surface area (Å²) in [5, 5.41) is 1.65. The maximum absolute atomic E-state index is 6.05. The first kappa shape index (κ1) is 16.6. The van der Waals surface area contributed by atoms with E-state index in [-0.39, 0.29) is 0 Å². The number of thiazole rings is 1. The van der Waals surface area contributed by atoms with Gasteiger partial charge in [-0.25, -0.2) is 4.98 Å². The second kappa shape index (κ2) is 7.09. The Bertz CT molecular complexity index is 693. The summed E-state index contributed by atoms with van der Waals surface area (Å²) in [4.78, 5) is 8.14. The number of aromatic nitrogens is 1. The van der Waals surface area contributed by atoms with E-state index < -0.39 is 0 Å². The average Bonchev–Trinajstić information content (AvgIpc) is 2.76. The molecular weight excluding hydrogens is 351 g/mol. The molecule has 1 aromatic carbocycles. The zero-order valence-corrected chi connectivity index (χ0v) is 14.9. The lowest BCUT2D eigenvalue weighted by molar-refractivity contribution is 0.318. The highest BCUT2D eigenvalue weighted by Crippen LogP contribution is 2.29. The van der Waals surface area contributed by atoms with Crippen LogP contribution in [-0.2, 0) is 12.8 Å². The third-order valence-corrected chi connectivity index (χ3v) is 5.50. The van der Waals surface area contributed by atoms with E-state index in [9.17, 15) is 0 Å². The average molecular weight is 369 g/mol. The number of anilines is 2. The highest BCUT2D eigenvalue weighted by atomic mass is 35.5. The van der Waals surface area contributed by atoms with Crippen molar-refractivity contribution in [3.8, 4) is 0 Å². The highest BCUT2D eigenvalue weighted by molar-refractivity contribution is 7.15. The topological polar surface area (TPSA) is 68.2 Å². The highest BCUT2D eigenvalue weighted by Gasteiger charge is 2.16. The fraction of sp³-hybridized carbons (Fsp3) is 0.312. The summed E-state index contributed by atoms with van der Waals surface area (Å²) in [5.74, 6) is 0. The van der Waals surface area contributed by atoms with Gasteiger partial charge in [-0.15, -0.1) is 11.3 Å². The summed E-state index contributed by atoms with van der Waals surface area (Å²) < 4.78 is 0. The molecule has 0 aliphatic carbocycles. The molecule has 4 nitrogen and oxygen atoms in total. The number of benzene rings is 1. The number of hydrogen-bond donors (Lipinski definition) is 2. The van der Waals surface area contributed by atoms with E-state index in [0.717, 1.165) is 43.7 Å². The second-order valence-corrected chi connectivity index (χ2v) is 7.45. The van der Waals surface area contributed by atoms with Crippen molar-refractivity contribution in [2.24, 2.45) is 0 Å². The molecule has 4 N–H and O–H groups in total. The van der Waals surface area contributed by atoms with Crippen molar-refractivity contribution in [2.45, 2.75) is 12.8 Å². The molecule has 2 aromatic rings. The van der Waals surface area contributed by atoms with Gasteiger partial charge in [0.25, 0.3) is 0 Å². The van der Waals surface area contributed by atoms with Crippen LogP contribution < -0.4 is 11.5 Å². The molecule has 0 fully saturated rings. The van der Waals surface area contributed by atoms with Gasteiger partial charge in [-0.3, -0.25) is 4.90 Å². The van der Waals surface area contributed by atoms with Gasteiger partial charge in [-0.2, -0.15) is 0 Å². The minimum absolute atomic E-state index is 0.427. The number of fused-ring (bicyclic) bond motifs is 1. The van der Waals surface area contributed by atoms with E-state index in [4.69, 9.17) is 34.7 Å². The molecule has 0 radical (unpaired) electrons. The lowest BCUT2D eigenvalue weighted by Crippen LogP contribution is -2.26. The summed E-state index contributed by atoms with van der Waals surface area (Å²) in [6.45, 7) is 2.88. The molecule has 0 spiro atoms. The molecule has 3 rings (SSSR count). The van der Waals surface area contributed by atoms with Crippen molar-refractivity contribution in [1.29, 1.82) is 0 Å². The standard InChI is InChI=1S/C16H18Cl2N4S/c17-11-8-10(9-12(18)15(11)19)2-1-5-22-6-3-13-14(4-7-22)23-16(20)21-13/h1-2,8-9H,3-7,19H2,(H2,20,21)/b2-1+. The number of nitrogens with zero attached hydrogens (tertiary/aromatic N) is 2. The first-order valence-electron chi connectivity index (χ1n) is 7.40. The normalized spacial score (nSPS) is 15.7. The number of halogens is 2. The van der Waals surface area contributed by atoms with Crippen LogP contribution in [0.5, 0.6) is 0 Å². The second-order valence-electron chi connectivity index (χ2n) is 5.52. The van der Waals surface area contributed by atoms with Crippen LogP contribution >= 0.6 is 34.5 Å². The Kier molecular flexibility index (Phi) is 5.11. The van der Waals surface area contributed by atoms with E-state index in [1.807, 2.05) is 18.2 Å². The van der Waals surface area contributed by atoms with Crippen LogP contribution in [0.25, 0.3) is 6.08 Å². The first-order valence-corrected chi connectivity index (χ1v) is 8.97. The Labute approximate surface area is 149 Å². The molecule has 1 aromatic heterocycles. The molecule has 0 unspecified atom stereocenters. The monoisotopic (exact) mass is 368 g/mol. The Hall–Kier alpha value is -1.27. The molecule has 0 bridgehead atoms. The number of nitrogens with two attached hydrogens (primary N) is 2. The molecule has 122 valence electrons. The summed E-state index contributed by atoms with van der Waals surface area (Å²) >= 11 is 13.7. The molecule has 1 aliphatic rings. The zero-order valence-electron chi connectivity index (χ0n) is 12.6. The van der Waals surface area contributed by atoms with Crippen LogP contribution in [0.1, 0.15) is 16.1 Å². The van der Waals surface area contributed by atoms with Gasteiger partial charge in [0.2, 0.25) is 0 Å². The lowest BCUT2D eigenvalue weighted by atomic mass is 10.2. The number of nitrogen functional groups attached to an aromatic ring is 2. The Morgan fingerprint density at radius 3 is 2.61 bits per heavy atom. The summed E-state index contributed by atoms with van der Waals surface area (Å²) in [6, 6.07) is 3.65. The van der Waals surface area contributed by atoms with Crippen LogP contribution in [0.3, 0.4) is 0 Å². The van der Waals surface area contributed by atoms with Gasteiger partial charge < -0.3 is 11.5 Å². The molecule has 0 saturated carbocycles. The van der Waals surface area contributed by atoms with Gasteiger partial charge in [0, 0.05) is 30.9 Å².